The van der Waals surface area contributed by atoms with E-state index < -0.39 is 0 Å². The first kappa shape index (κ1) is 18.8. The van der Waals surface area contributed by atoms with Crippen molar-refractivity contribution in [2.24, 2.45) is 0 Å². The van der Waals surface area contributed by atoms with Crippen molar-refractivity contribution in [2.45, 2.75) is 5.75 Å². The largest absolute Gasteiger partial charge is 0.497 e. The van der Waals surface area contributed by atoms with Crippen LogP contribution in [-0.2, 0) is 10.5 Å². The minimum Gasteiger partial charge on any atom is -0.497 e. The topological polar surface area (TPSA) is 47.6 Å². The summed E-state index contributed by atoms with van der Waals surface area (Å²) < 4.78 is 10.4. The molecule has 0 aromatic heterocycles. The van der Waals surface area contributed by atoms with Gasteiger partial charge in [-0.15, -0.1) is 11.8 Å². The molecule has 0 saturated heterocycles. The second-order valence-electron chi connectivity index (χ2n) is 4.86. The predicted octanol–water partition coefficient (Wildman–Crippen LogP) is 4.88. The molecule has 0 aliphatic rings. The normalized spacial score (nSPS) is 10.3. The highest BCUT2D eigenvalue weighted by atomic mass is 35.5. The van der Waals surface area contributed by atoms with E-state index in [1.165, 1.54) is 11.8 Å². The molecule has 0 aliphatic carbocycles. The fraction of sp³-hybridized carbons (Fsp3) is 0.235. The summed E-state index contributed by atoms with van der Waals surface area (Å²) in [6, 6.07) is 10.7. The summed E-state index contributed by atoms with van der Waals surface area (Å²) in [5.41, 5.74) is 1.60. The number of ether oxygens (including phenoxy) is 2. The number of halogens is 2. The van der Waals surface area contributed by atoms with Crippen LogP contribution in [0, 0.1) is 0 Å². The highest BCUT2D eigenvalue weighted by molar-refractivity contribution is 7.99. The summed E-state index contributed by atoms with van der Waals surface area (Å²) in [5, 5.41) is 3.87. The van der Waals surface area contributed by atoms with Crippen LogP contribution >= 0.6 is 35.0 Å². The van der Waals surface area contributed by atoms with E-state index in [1.807, 2.05) is 6.07 Å². The van der Waals surface area contributed by atoms with Crippen molar-refractivity contribution in [3.8, 4) is 11.5 Å². The Balaban J connectivity index is 1.90. The molecule has 1 amide bonds. The maximum absolute atomic E-state index is 12.1. The maximum atomic E-state index is 12.1. The average Bonchev–Trinajstić information content (AvgIpc) is 2.58. The van der Waals surface area contributed by atoms with Gasteiger partial charge in [0.2, 0.25) is 5.91 Å². The van der Waals surface area contributed by atoms with Gasteiger partial charge < -0.3 is 14.8 Å². The number of carbonyl (C=O) groups excluding carboxylic acids is 1. The summed E-state index contributed by atoms with van der Waals surface area (Å²) in [5.74, 6) is 2.08. The summed E-state index contributed by atoms with van der Waals surface area (Å²) in [6.07, 6.45) is 0. The third kappa shape index (κ3) is 5.23. The summed E-state index contributed by atoms with van der Waals surface area (Å²) in [7, 11) is 3.12. The van der Waals surface area contributed by atoms with Gasteiger partial charge in [0.05, 0.1) is 35.7 Å². The molecular formula is C17H17Cl2NO3S. The molecular weight excluding hydrogens is 369 g/mol. The molecule has 1 N–H and O–H groups in total. The number of thioether (sulfide) groups is 1. The number of nitrogens with one attached hydrogen (secondary N) is 1. The molecule has 2 aromatic rings. The lowest BCUT2D eigenvalue weighted by atomic mass is 10.2. The van der Waals surface area contributed by atoms with Crippen LogP contribution in [0.2, 0.25) is 10.0 Å². The number of rotatable bonds is 7. The van der Waals surface area contributed by atoms with E-state index in [4.69, 9.17) is 32.7 Å². The third-order valence-electron chi connectivity index (χ3n) is 3.17. The van der Waals surface area contributed by atoms with Crippen molar-refractivity contribution in [2.75, 3.05) is 25.3 Å². The summed E-state index contributed by atoms with van der Waals surface area (Å²) in [6.45, 7) is 0. The van der Waals surface area contributed by atoms with Gasteiger partial charge >= 0.3 is 0 Å². The monoisotopic (exact) mass is 385 g/mol. The second-order valence-corrected chi connectivity index (χ2v) is 6.66. The van der Waals surface area contributed by atoms with Crippen molar-refractivity contribution in [1.29, 1.82) is 0 Å². The molecule has 0 bridgehead atoms. The lowest BCUT2D eigenvalue weighted by Crippen LogP contribution is -2.15. The van der Waals surface area contributed by atoms with E-state index in [0.29, 0.717) is 38.7 Å². The van der Waals surface area contributed by atoms with Crippen molar-refractivity contribution in [1.82, 2.24) is 0 Å². The van der Waals surface area contributed by atoms with Gasteiger partial charge in [0.1, 0.15) is 11.5 Å². The minimum atomic E-state index is -0.119. The molecule has 0 saturated carbocycles. The molecule has 0 fully saturated rings. The predicted molar refractivity (Wildman–Crippen MR) is 101 cm³/mol. The Morgan fingerprint density at radius 1 is 1.08 bits per heavy atom. The van der Waals surface area contributed by atoms with Crippen molar-refractivity contribution in [3.05, 3.63) is 52.0 Å². The highest BCUT2D eigenvalue weighted by Gasteiger charge is 2.09. The van der Waals surface area contributed by atoms with Crippen LogP contribution in [-0.4, -0.2) is 25.9 Å². The van der Waals surface area contributed by atoms with E-state index >= 15 is 0 Å². The Morgan fingerprint density at radius 3 is 2.54 bits per heavy atom. The Bertz CT molecular complexity index is 725. The van der Waals surface area contributed by atoms with Gasteiger partial charge in [-0.2, -0.15) is 0 Å². The van der Waals surface area contributed by atoms with Gasteiger partial charge in [0.25, 0.3) is 0 Å². The Morgan fingerprint density at radius 2 is 1.88 bits per heavy atom. The molecule has 4 nitrogen and oxygen atoms in total. The first-order chi connectivity index (χ1) is 11.5. The summed E-state index contributed by atoms with van der Waals surface area (Å²) in [4.78, 5) is 12.1. The maximum Gasteiger partial charge on any atom is 0.234 e. The lowest BCUT2D eigenvalue weighted by Gasteiger charge is -2.11. The third-order valence-corrected chi connectivity index (χ3v) is 4.91. The molecule has 2 aromatic carbocycles. The molecule has 7 heteroatoms. The van der Waals surface area contributed by atoms with Gasteiger partial charge in [-0.1, -0.05) is 29.3 Å². The van der Waals surface area contributed by atoms with Gasteiger partial charge in [-0.25, -0.2) is 0 Å². The van der Waals surface area contributed by atoms with Crippen LogP contribution in [0.4, 0.5) is 5.69 Å². The summed E-state index contributed by atoms with van der Waals surface area (Å²) >= 11 is 13.3. The highest BCUT2D eigenvalue weighted by Crippen LogP contribution is 2.29. The Kier molecular flexibility index (Phi) is 7.09. The molecule has 0 spiro atoms. The number of carbonyl (C=O) groups is 1. The minimum absolute atomic E-state index is 0.119. The number of anilines is 1. The van der Waals surface area contributed by atoms with Gasteiger partial charge in [-0.05, 0) is 29.8 Å². The number of amides is 1. The molecule has 128 valence electrons. The van der Waals surface area contributed by atoms with E-state index in [9.17, 15) is 4.79 Å². The Labute approximate surface area is 155 Å². The lowest BCUT2D eigenvalue weighted by molar-refractivity contribution is -0.113. The molecule has 24 heavy (non-hydrogen) atoms. The number of methoxy groups -OCH3 is 2. The average molecular weight is 386 g/mol. The zero-order valence-corrected chi connectivity index (χ0v) is 15.6. The van der Waals surface area contributed by atoms with Gasteiger partial charge in [-0.3, -0.25) is 4.79 Å². The smallest absolute Gasteiger partial charge is 0.234 e. The van der Waals surface area contributed by atoms with E-state index in [-0.39, 0.29) is 5.91 Å². The molecule has 0 aliphatic heterocycles. The van der Waals surface area contributed by atoms with Crippen LogP contribution in [0.3, 0.4) is 0 Å². The first-order valence-corrected chi connectivity index (χ1v) is 8.98. The van der Waals surface area contributed by atoms with Crippen molar-refractivity contribution >= 4 is 46.6 Å². The zero-order chi connectivity index (χ0) is 17.5. The first-order valence-electron chi connectivity index (χ1n) is 7.07. The number of benzene rings is 2. The van der Waals surface area contributed by atoms with E-state index in [2.05, 4.69) is 5.32 Å². The van der Waals surface area contributed by atoms with Crippen LogP contribution in [0.5, 0.6) is 11.5 Å². The van der Waals surface area contributed by atoms with Crippen LogP contribution in [0.1, 0.15) is 5.56 Å². The Hall–Kier alpha value is -1.56. The SMILES string of the molecule is COc1ccc(OC)c(NC(=O)CSCc2ccc(Cl)c(Cl)c2)c1. The van der Waals surface area contributed by atoms with Gasteiger partial charge in [0, 0.05) is 11.8 Å². The van der Waals surface area contributed by atoms with E-state index in [0.717, 1.165) is 5.56 Å². The van der Waals surface area contributed by atoms with Gasteiger partial charge in [0.15, 0.2) is 0 Å². The molecule has 0 heterocycles. The van der Waals surface area contributed by atoms with Crippen LogP contribution in [0.25, 0.3) is 0 Å². The van der Waals surface area contributed by atoms with Crippen LogP contribution in [0.15, 0.2) is 36.4 Å². The fourth-order valence-corrected chi connectivity index (χ4v) is 3.08. The molecule has 0 atom stereocenters. The molecule has 0 unspecified atom stereocenters. The molecule has 0 radical (unpaired) electrons. The standard InChI is InChI=1S/C17H17Cl2NO3S/c1-22-12-4-6-16(23-2)15(8-12)20-17(21)10-24-9-11-3-5-13(18)14(19)7-11/h3-8H,9-10H2,1-2H3,(H,20,21). The zero-order valence-electron chi connectivity index (χ0n) is 13.3. The number of hydrogen-bond acceptors (Lipinski definition) is 4. The second kappa shape index (κ2) is 9.06. The fourth-order valence-electron chi connectivity index (χ4n) is 1.99. The number of hydrogen-bond donors (Lipinski definition) is 1. The quantitative estimate of drug-likeness (QED) is 0.737. The van der Waals surface area contributed by atoms with Crippen LogP contribution < -0.4 is 14.8 Å². The molecule has 2 rings (SSSR count). The van der Waals surface area contributed by atoms with Crippen molar-refractivity contribution < 1.29 is 14.3 Å². The van der Waals surface area contributed by atoms with E-state index in [1.54, 1.807) is 44.6 Å². The van der Waals surface area contributed by atoms with Crippen molar-refractivity contribution in [3.63, 3.8) is 0 Å².